The van der Waals surface area contributed by atoms with Crippen LogP contribution < -0.4 is 5.32 Å². The minimum absolute atomic E-state index is 0.0544. The Hall–Kier alpha value is -3.06. The van der Waals surface area contributed by atoms with Gasteiger partial charge in [0.05, 0.1) is 6.04 Å². The Kier molecular flexibility index (Phi) is 6.72. The molecule has 1 aliphatic rings. The molecule has 162 valence electrons. The highest BCUT2D eigenvalue weighted by Gasteiger charge is 2.23. The van der Waals surface area contributed by atoms with E-state index in [1.165, 1.54) is 24.5 Å². The van der Waals surface area contributed by atoms with Crippen molar-refractivity contribution in [3.8, 4) is 11.4 Å². The summed E-state index contributed by atoms with van der Waals surface area (Å²) in [6.07, 6.45) is 2.99. The highest BCUT2D eigenvalue weighted by Crippen LogP contribution is 2.24. The molecular weight excluding hydrogens is 395 g/mol. The van der Waals surface area contributed by atoms with Crippen molar-refractivity contribution in [3.63, 3.8) is 0 Å². The van der Waals surface area contributed by atoms with E-state index in [2.05, 4.69) is 32.5 Å². The molecule has 31 heavy (non-hydrogen) atoms. The SMILES string of the molecule is Cc1ccc(-c2noc(CCC(=O)NCC(c3ccccc3)N3CCCC3)n2)cc1F. The number of hydrogen-bond donors (Lipinski definition) is 1. The van der Waals surface area contributed by atoms with Crippen LogP contribution in [0.2, 0.25) is 0 Å². The van der Waals surface area contributed by atoms with Gasteiger partial charge in [0, 0.05) is 24.9 Å². The third kappa shape index (κ3) is 5.35. The maximum atomic E-state index is 13.8. The van der Waals surface area contributed by atoms with Crippen molar-refractivity contribution in [1.29, 1.82) is 0 Å². The van der Waals surface area contributed by atoms with Gasteiger partial charge < -0.3 is 9.84 Å². The summed E-state index contributed by atoms with van der Waals surface area (Å²) in [5.41, 5.74) is 2.34. The Labute approximate surface area is 181 Å². The zero-order valence-electron chi connectivity index (χ0n) is 17.7. The molecule has 1 aromatic heterocycles. The number of carbonyl (C=O) groups excluding carboxylic acids is 1. The van der Waals surface area contributed by atoms with Crippen LogP contribution in [0.1, 0.15) is 42.3 Å². The molecule has 1 fully saturated rings. The van der Waals surface area contributed by atoms with Crippen LogP contribution in [0.15, 0.2) is 53.1 Å². The van der Waals surface area contributed by atoms with E-state index in [4.69, 9.17) is 4.52 Å². The highest BCUT2D eigenvalue weighted by atomic mass is 19.1. The third-order valence-electron chi connectivity index (χ3n) is 5.72. The van der Waals surface area contributed by atoms with E-state index < -0.39 is 0 Å². The lowest BCUT2D eigenvalue weighted by Crippen LogP contribution is -2.36. The lowest BCUT2D eigenvalue weighted by molar-refractivity contribution is -0.121. The molecule has 2 aromatic carbocycles. The average molecular weight is 423 g/mol. The van der Waals surface area contributed by atoms with Crippen LogP contribution in [0.25, 0.3) is 11.4 Å². The van der Waals surface area contributed by atoms with Gasteiger partial charge in [0.25, 0.3) is 0 Å². The van der Waals surface area contributed by atoms with Crippen LogP contribution >= 0.6 is 0 Å². The number of amides is 1. The Morgan fingerprint density at radius 1 is 1.19 bits per heavy atom. The first kappa shape index (κ1) is 21.2. The number of aryl methyl sites for hydroxylation is 2. The summed E-state index contributed by atoms with van der Waals surface area (Å²) in [6.45, 7) is 4.38. The number of halogens is 1. The summed E-state index contributed by atoms with van der Waals surface area (Å²) < 4.78 is 19.0. The average Bonchev–Trinajstić information content (AvgIpc) is 3.48. The minimum Gasteiger partial charge on any atom is -0.354 e. The van der Waals surface area contributed by atoms with E-state index in [0.29, 0.717) is 35.8 Å². The molecule has 3 aromatic rings. The fraction of sp³-hybridized carbons (Fsp3) is 0.375. The quantitative estimate of drug-likeness (QED) is 0.593. The van der Waals surface area contributed by atoms with Gasteiger partial charge in [-0.3, -0.25) is 9.69 Å². The summed E-state index contributed by atoms with van der Waals surface area (Å²) in [7, 11) is 0. The maximum absolute atomic E-state index is 13.8. The van der Waals surface area contributed by atoms with Crippen LogP contribution in [-0.2, 0) is 11.2 Å². The molecule has 4 rings (SSSR count). The van der Waals surface area contributed by atoms with E-state index in [1.54, 1.807) is 19.1 Å². The summed E-state index contributed by atoms with van der Waals surface area (Å²) >= 11 is 0. The second-order valence-corrected chi connectivity index (χ2v) is 7.95. The smallest absolute Gasteiger partial charge is 0.227 e. The molecule has 1 amide bonds. The summed E-state index contributed by atoms with van der Waals surface area (Å²) in [4.78, 5) is 19.2. The minimum atomic E-state index is -0.311. The predicted molar refractivity (Wildman–Crippen MR) is 116 cm³/mol. The molecule has 1 saturated heterocycles. The number of nitrogens with one attached hydrogen (secondary N) is 1. The first-order chi connectivity index (χ1) is 15.1. The Bertz CT molecular complexity index is 1020. The van der Waals surface area contributed by atoms with Crippen LogP contribution in [0.5, 0.6) is 0 Å². The normalized spacial score (nSPS) is 15.2. The number of likely N-dealkylation sites (tertiary alicyclic amines) is 1. The molecular formula is C24H27FN4O2. The number of hydrogen-bond acceptors (Lipinski definition) is 5. The molecule has 0 aliphatic carbocycles. The van der Waals surface area contributed by atoms with Gasteiger partial charge in [-0.15, -0.1) is 0 Å². The number of rotatable bonds is 8. The summed E-state index contributed by atoms with van der Waals surface area (Å²) in [5.74, 6) is 0.327. The Morgan fingerprint density at radius 3 is 2.71 bits per heavy atom. The van der Waals surface area contributed by atoms with Gasteiger partial charge >= 0.3 is 0 Å². The molecule has 1 N–H and O–H groups in total. The van der Waals surface area contributed by atoms with E-state index in [0.717, 1.165) is 13.1 Å². The van der Waals surface area contributed by atoms with Gasteiger partial charge in [0.15, 0.2) is 0 Å². The molecule has 0 radical (unpaired) electrons. The Balaban J connectivity index is 1.31. The fourth-order valence-electron chi connectivity index (χ4n) is 3.91. The second kappa shape index (κ2) is 9.83. The molecule has 2 heterocycles. The zero-order valence-corrected chi connectivity index (χ0v) is 17.7. The standard InChI is InChI=1S/C24H27FN4O2/c1-17-9-10-19(15-20(17)25)24-27-23(31-28-24)12-11-22(30)26-16-21(29-13-5-6-14-29)18-7-3-2-4-8-18/h2-4,7-10,15,21H,5-6,11-14,16H2,1H3,(H,26,30). The van der Waals surface area contributed by atoms with Gasteiger partial charge in [-0.1, -0.05) is 47.6 Å². The van der Waals surface area contributed by atoms with E-state index >= 15 is 0 Å². The molecule has 6 nitrogen and oxygen atoms in total. The maximum Gasteiger partial charge on any atom is 0.227 e. The van der Waals surface area contributed by atoms with Gasteiger partial charge in [-0.25, -0.2) is 4.39 Å². The van der Waals surface area contributed by atoms with Crippen molar-refractivity contribution in [2.45, 2.75) is 38.6 Å². The molecule has 1 atom stereocenters. The fourth-order valence-corrected chi connectivity index (χ4v) is 3.91. The van der Waals surface area contributed by atoms with E-state index in [9.17, 15) is 9.18 Å². The summed E-state index contributed by atoms with van der Waals surface area (Å²) in [5, 5.41) is 6.97. The Morgan fingerprint density at radius 2 is 1.97 bits per heavy atom. The van der Waals surface area contributed by atoms with Gasteiger partial charge in [0.1, 0.15) is 5.82 Å². The molecule has 1 aliphatic heterocycles. The monoisotopic (exact) mass is 422 g/mol. The number of aromatic nitrogens is 2. The van der Waals surface area contributed by atoms with Gasteiger partial charge in [-0.2, -0.15) is 4.98 Å². The number of benzene rings is 2. The third-order valence-corrected chi connectivity index (χ3v) is 5.72. The van der Waals surface area contributed by atoms with Gasteiger partial charge in [0.2, 0.25) is 17.6 Å². The first-order valence-electron chi connectivity index (χ1n) is 10.7. The predicted octanol–water partition coefficient (Wildman–Crippen LogP) is 4.07. The van der Waals surface area contributed by atoms with Crippen LogP contribution in [0, 0.1) is 12.7 Å². The van der Waals surface area contributed by atoms with Crippen LogP contribution in [0.3, 0.4) is 0 Å². The molecule has 7 heteroatoms. The van der Waals surface area contributed by atoms with Crippen molar-refractivity contribution in [3.05, 3.63) is 71.4 Å². The number of nitrogens with zero attached hydrogens (tertiary/aromatic N) is 3. The topological polar surface area (TPSA) is 71.3 Å². The second-order valence-electron chi connectivity index (χ2n) is 7.95. The van der Waals surface area contributed by atoms with Crippen molar-refractivity contribution in [2.75, 3.05) is 19.6 Å². The van der Waals surface area contributed by atoms with Gasteiger partial charge in [-0.05, 0) is 50.0 Å². The van der Waals surface area contributed by atoms with Crippen molar-refractivity contribution >= 4 is 5.91 Å². The van der Waals surface area contributed by atoms with E-state index in [-0.39, 0.29) is 24.2 Å². The molecule has 0 spiro atoms. The lowest BCUT2D eigenvalue weighted by atomic mass is 10.1. The summed E-state index contributed by atoms with van der Waals surface area (Å²) in [6, 6.07) is 15.3. The molecule has 0 bridgehead atoms. The van der Waals surface area contributed by atoms with Crippen molar-refractivity contribution in [1.82, 2.24) is 20.4 Å². The largest absolute Gasteiger partial charge is 0.354 e. The molecule has 1 unspecified atom stereocenters. The van der Waals surface area contributed by atoms with Crippen LogP contribution in [-0.4, -0.2) is 40.6 Å². The first-order valence-corrected chi connectivity index (χ1v) is 10.7. The van der Waals surface area contributed by atoms with E-state index in [1.807, 2.05) is 18.2 Å². The molecule has 0 saturated carbocycles. The van der Waals surface area contributed by atoms with Crippen molar-refractivity contribution < 1.29 is 13.7 Å². The van der Waals surface area contributed by atoms with Crippen molar-refractivity contribution in [2.24, 2.45) is 0 Å². The highest BCUT2D eigenvalue weighted by molar-refractivity contribution is 5.76. The zero-order chi connectivity index (χ0) is 21.6. The number of carbonyl (C=O) groups is 1. The lowest BCUT2D eigenvalue weighted by Gasteiger charge is -2.28. The van der Waals surface area contributed by atoms with Crippen LogP contribution in [0.4, 0.5) is 4.39 Å².